The molecule has 0 saturated carbocycles. The summed E-state index contributed by atoms with van der Waals surface area (Å²) < 4.78 is 68.4. The van der Waals surface area contributed by atoms with E-state index in [4.69, 9.17) is 37.0 Å². The highest BCUT2D eigenvalue weighted by atomic mass is 31.2. The van der Waals surface area contributed by atoms with Gasteiger partial charge in [0.05, 0.1) is 26.4 Å². The highest BCUT2D eigenvalue weighted by Gasteiger charge is 2.30. The van der Waals surface area contributed by atoms with Crippen LogP contribution >= 0.6 is 15.6 Å². The molecule has 3 N–H and O–H groups in total. The summed E-state index contributed by atoms with van der Waals surface area (Å²) in [6.07, 6.45) is 45.8. The maximum Gasteiger partial charge on any atom is 0.472 e. The molecule has 0 amide bonds. The minimum absolute atomic E-state index is 0.104. The molecule has 0 aliphatic rings. The summed E-state index contributed by atoms with van der Waals surface area (Å²) >= 11 is 0. The number of carbonyl (C=O) groups excluding carboxylic acids is 4. The molecule has 0 saturated heterocycles. The Labute approximate surface area is 562 Å². The largest absolute Gasteiger partial charge is 0.472 e. The lowest BCUT2D eigenvalue weighted by Crippen LogP contribution is -2.30. The minimum Gasteiger partial charge on any atom is -0.462 e. The molecule has 6 atom stereocenters. The molecule has 17 nitrogen and oxygen atoms in total. The lowest BCUT2D eigenvalue weighted by molar-refractivity contribution is -0.161. The SMILES string of the molecule is CCC(C)CCCCCCCCCCCCCCCCC(=O)O[C@H](COC(=O)CCCCCCCCCCC(C)C)COP(=O)(O)OCC(O)COP(=O)(O)OC[C@@H](COC(=O)CCCCCCCCCCC(C)C)OC(=O)CCCCCCCCCCCC(C)C. The van der Waals surface area contributed by atoms with Gasteiger partial charge >= 0.3 is 39.5 Å². The van der Waals surface area contributed by atoms with E-state index in [2.05, 4.69) is 55.4 Å². The predicted molar refractivity (Wildman–Crippen MR) is 372 cm³/mol. The zero-order chi connectivity index (χ0) is 68.2. The first-order chi connectivity index (χ1) is 44.1. The number of aliphatic hydroxyl groups excluding tert-OH is 1. The predicted octanol–water partition coefficient (Wildman–Crippen LogP) is 20.9. The van der Waals surface area contributed by atoms with Crippen molar-refractivity contribution in [2.45, 2.75) is 382 Å². The Morgan fingerprint density at radius 3 is 0.772 bits per heavy atom. The number of unbranched alkanes of at least 4 members (excludes halogenated alkanes) is 35. The number of hydrogen-bond donors (Lipinski definition) is 3. The Balaban J connectivity index is 5.24. The van der Waals surface area contributed by atoms with Crippen LogP contribution in [0.25, 0.3) is 0 Å². The van der Waals surface area contributed by atoms with Gasteiger partial charge < -0.3 is 33.8 Å². The number of aliphatic hydroxyl groups is 1. The van der Waals surface area contributed by atoms with Crippen molar-refractivity contribution in [3.8, 4) is 0 Å². The van der Waals surface area contributed by atoms with Crippen LogP contribution in [0.1, 0.15) is 364 Å². The van der Waals surface area contributed by atoms with Crippen LogP contribution in [0.15, 0.2) is 0 Å². The van der Waals surface area contributed by atoms with Crippen molar-refractivity contribution in [2.75, 3.05) is 39.6 Å². The Morgan fingerprint density at radius 1 is 0.304 bits per heavy atom. The topological polar surface area (TPSA) is 237 Å². The zero-order valence-electron chi connectivity index (χ0n) is 60.2. The van der Waals surface area contributed by atoms with Crippen LogP contribution in [0.4, 0.5) is 0 Å². The number of ether oxygens (including phenoxy) is 4. The third-order valence-electron chi connectivity index (χ3n) is 17.2. The summed E-state index contributed by atoms with van der Waals surface area (Å²) in [5.74, 6) is 0.908. The lowest BCUT2D eigenvalue weighted by atomic mass is 9.99. The molecular formula is C73H142O17P2. The van der Waals surface area contributed by atoms with Gasteiger partial charge in [-0.3, -0.25) is 37.3 Å². The van der Waals surface area contributed by atoms with Crippen molar-refractivity contribution in [1.29, 1.82) is 0 Å². The molecule has 0 spiro atoms. The third kappa shape index (κ3) is 65.4. The Bertz CT molecular complexity index is 1820. The second kappa shape index (κ2) is 62.6. The van der Waals surface area contributed by atoms with E-state index in [0.29, 0.717) is 25.7 Å². The summed E-state index contributed by atoms with van der Waals surface area (Å²) in [6.45, 7) is 14.1. The van der Waals surface area contributed by atoms with E-state index in [1.807, 2.05) is 0 Å². The molecule has 0 fully saturated rings. The maximum absolute atomic E-state index is 13.0. The van der Waals surface area contributed by atoms with Crippen molar-refractivity contribution in [2.24, 2.45) is 23.7 Å². The van der Waals surface area contributed by atoms with Crippen molar-refractivity contribution >= 4 is 39.5 Å². The fourth-order valence-electron chi connectivity index (χ4n) is 11.0. The van der Waals surface area contributed by atoms with E-state index in [9.17, 15) is 43.2 Å². The first-order valence-electron chi connectivity index (χ1n) is 37.7. The van der Waals surface area contributed by atoms with Crippen LogP contribution in [0.5, 0.6) is 0 Å². The summed E-state index contributed by atoms with van der Waals surface area (Å²) in [5.41, 5.74) is 0. The van der Waals surface area contributed by atoms with E-state index >= 15 is 0 Å². The summed E-state index contributed by atoms with van der Waals surface area (Å²) in [7, 11) is -9.91. The van der Waals surface area contributed by atoms with Crippen molar-refractivity contribution < 1.29 is 80.2 Å². The van der Waals surface area contributed by atoms with Gasteiger partial charge in [0.25, 0.3) is 0 Å². The molecule has 0 bridgehead atoms. The zero-order valence-corrected chi connectivity index (χ0v) is 62.0. The van der Waals surface area contributed by atoms with Crippen LogP contribution in [0.3, 0.4) is 0 Å². The quantitative estimate of drug-likeness (QED) is 0.0222. The number of carbonyl (C=O) groups is 4. The summed E-state index contributed by atoms with van der Waals surface area (Å²) in [5, 5.41) is 10.6. The average molecular weight is 1350 g/mol. The molecule has 0 rings (SSSR count). The van der Waals surface area contributed by atoms with E-state index in [1.165, 1.54) is 167 Å². The Morgan fingerprint density at radius 2 is 0.522 bits per heavy atom. The number of hydrogen-bond acceptors (Lipinski definition) is 15. The Hall–Kier alpha value is -1.94. The first kappa shape index (κ1) is 90.1. The normalized spacial score (nSPS) is 14.5. The number of phosphoric ester groups is 2. The highest BCUT2D eigenvalue weighted by molar-refractivity contribution is 7.47. The molecule has 0 aromatic heterocycles. The first-order valence-corrected chi connectivity index (χ1v) is 40.7. The number of rotatable bonds is 70. The van der Waals surface area contributed by atoms with Crippen LogP contribution in [0, 0.1) is 23.7 Å². The van der Waals surface area contributed by atoms with Crippen molar-refractivity contribution in [3.05, 3.63) is 0 Å². The second-order valence-electron chi connectivity index (χ2n) is 28.0. The van der Waals surface area contributed by atoms with Gasteiger partial charge in [-0.15, -0.1) is 0 Å². The van der Waals surface area contributed by atoms with E-state index in [0.717, 1.165) is 114 Å². The second-order valence-corrected chi connectivity index (χ2v) is 30.9. The number of esters is 4. The molecule has 0 heterocycles. The highest BCUT2D eigenvalue weighted by Crippen LogP contribution is 2.45. The van der Waals surface area contributed by atoms with Gasteiger partial charge in [-0.1, -0.05) is 312 Å². The summed E-state index contributed by atoms with van der Waals surface area (Å²) in [6, 6.07) is 0. The standard InChI is InChI=1S/C73H142O17P2/c1-9-66(8)52-44-36-28-18-14-12-10-11-13-15-19-31-39-47-55-72(77)89-68(59-83-70(75)53-45-37-29-23-21-26-34-42-50-64(4)5)61-87-91(79,80)85-57-67(74)58-86-92(81,82)88-62-69(60-84-71(76)54-46-38-30-24-22-27-35-43-51-65(6)7)90-73(78)56-48-40-32-20-16-17-25-33-41-49-63(2)3/h63-69,74H,9-62H2,1-8H3,(H,79,80)(H,81,82)/t66?,67?,68-,69-/m1/s1. The van der Waals surface area contributed by atoms with Gasteiger partial charge in [0.15, 0.2) is 12.2 Å². The van der Waals surface area contributed by atoms with Crippen LogP contribution < -0.4 is 0 Å². The molecule has 4 unspecified atom stereocenters. The molecular weight excluding hydrogens is 1210 g/mol. The van der Waals surface area contributed by atoms with Gasteiger partial charge in [0.1, 0.15) is 19.3 Å². The van der Waals surface area contributed by atoms with Crippen molar-refractivity contribution in [1.82, 2.24) is 0 Å². The molecule has 19 heteroatoms. The van der Waals surface area contributed by atoms with Gasteiger partial charge in [-0.2, -0.15) is 0 Å². The molecule has 546 valence electrons. The Kier molecular flexibility index (Phi) is 61.3. The molecule has 0 aliphatic heterocycles. The van der Waals surface area contributed by atoms with Gasteiger partial charge in [-0.05, 0) is 49.4 Å². The molecule has 0 aromatic rings. The molecule has 92 heavy (non-hydrogen) atoms. The minimum atomic E-state index is -4.95. The van der Waals surface area contributed by atoms with Gasteiger partial charge in [0, 0.05) is 25.7 Å². The van der Waals surface area contributed by atoms with E-state index < -0.39 is 97.5 Å². The van der Waals surface area contributed by atoms with Gasteiger partial charge in [-0.25, -0.2) is 9.13 Å². The van der Waals surface area contributed by atoms with Crippen LogP contribution in [-0.4, -0.2) is 96.7 Å². The van der Waals surface area contributed by atoms with Crippen molar-refractivity contribution in [3.63, 3.8) is 0 Å². The molecule has 0 aliphatic carbocycles. The smallest absolute Gasteiger partial charge is 0.462 e. The fourth-order valence-corrected chi connectivity index (χ4v) is 12.6. The van der Waals surface area contributed by atoms with Crippen LogP contribution in [-0.2, 0) is 65.4 Å². The third-order valence-corrected chi connectivity index (χ3v) is 19.1. The van der Waals surface area contributed by atoms with Crippen LogP contribution in [0.2, 0.25) is 0 Å². The monoisotopic (exact) mass is 1350 g/mol. The average Bonchev–Trinajstić information content (AvgIpc) is 2.98. The maximum atomic E-state index is 13.0. The lowest BCUT2D eigenvalue weighted by Gasteiger charge is -2.21. The fraction of sp³-hybridized carbons (Fsp3) is 0.945. The summed E-state index contributed by atoms with van der Waals surface area (Å²) in [4.78, 5) is 72.7. The van der Waals surface area contributed by atoms with E-state index in [1.54, 1.807) is 0 Å². The molecule has 0 aromatic carbocycles. The van der Waals surface area contributed by atoms with E-state index in [-0.39, 0.29) is 25.7 Å². The molecule has 0 radical (unpaired) electrons. The van der Waals surface area contributed by atoms with Gasteiger partial charge in [0.2, 0.25) is 0 Å². The number of phosphoric acid groups is 2.